The molecule has 0 aromatic heterocycles. The van der Waals surface area contributed by atoms with Crippen molar-refractivity contribution in [1.29, 1.82) is 0 Å². The third-order valence-corrected chi connectivity index (χ3v) is 4.84. The van der Waals surface area contributed by atoms with Gasteiger partial charge in [0.15, 0.2) is 5.78 Å². The predicted octanol–water partition coefficient (Wildman–Crippen LogP) is 3.36. The first-order valence-corrected chi connectivity index (χ1v) is 6.75. The molecule has 1 spiro atoms. The molecule has 2 unspecified atom stereocenters. The van der Waals surface area contributed by atoms with Crippen molar-refractivity contribution in [1.82, 2.24) is 0 Å². The number of hydrogen-bond donors (Lipinski definition) is 0. The molecule has 0 aliphatic heterocycles. The molecule has 1 nitrogen and oxygen atoms in total. The molecule has 0 radical (unpaired) electrons. The number of carbonyl (C=O) groups is 1. The summed E-state index contributed by atoms with van der Waals surface area (Å²) in [6.07, 6.45) is 20.0. The van der Waals surface area contributed by atoms with Crippen molar-refractivity contribution in [3.05, 3.63) is 82.5 Å². The summed E-state index contributed by atoms with van der Waals surface area (Å²) in [6.45, 7) is 0. The van der Waals surface area contributed by atoms with Gasteiger partial charge in [0.2, 0.25) is 0 Å². The van der Waals surface area contributed by atoms with Crippen molar-refractivity contribution >= 4 is 5.78 Å². The molecule has 0 aromatic rings. The number of rotatable bonds is 0. The number of allylic oxidation sites excluding steroid dienone is 14. The molecule has 5 rings (SSSR count). The van der Waals surface area contributed by atoms with Crippen LogP contribution in [0, 0.1) is 11.3 Å². The number of ketones is 1. The molecule has 0 N–H and O–H groups in total. The number of hydrogen-bond acceptors (Lipinski definition) is 1. The lowest BCUT2D eigenvalue weighted by molar-refractivity contribution is -0.115. The fraction of sp³-hybridized carbons (Fsp3) is 0.167. The van der Waals surface area contributed by atoms with Gasteiger partial charge in [-0.05, 0) is 33.9 Å². The average Bonchev–Trinajstić information content (AvgIpc) is 2.87. The van der Waals surface area contributed by atoms with Crippen molar-refractivity contribution < 1.29 is 4.79 Å². The Morgan fingerprint density at radius 2 is 2.11 bits per heavy atom. The van der Waals surface area contributed by atoms with Crippen LogP contribution in [-0.2, 0) is 4.79 Å². The van der Waals surface area contributed by atoms with Gasteiger partial charge >= 0.3 is 0 Å². The van der Waals surface area contributed by atoms with Gasteiger partial charge in [-0.3, -0.25) is 4.79 Å². The summed E-state index contributed by atoms with van der Waals surface area (Å²) < 4.78 is 0. The third kappa shape index (κ3) is 1.05. The third-order valence-electron chi connectivity index (χ3n) is 4.84. The summed E-state index contributed by atoms with van der Waals surface area (Å²) in [6, 6.07) is 0. The maximum atomic E-state index is 11.7. The van der Waals surface area contributed by atoms with Gasteiger partial charge in [-0.2, -0.15) is 0 Å². The maximum Gasteiger partial charge on any atom is 0.157 e. The van der Waals surface area contributed by atoms with Crippen LogP contribution >= 0.6 is 0 Å². The van der Waals surface area contributed by atoms with Crippen LogP contribution in [-0.4, -0.2) is 5.78 Å². The second kappa shape index (κ2) is 2.88. The lowest BCUT2D eigenvalue weighted by Crippen LogP contribution is -2.23. The molecular formula is C18H12O. The van der Waals surface area contributed by atoms with E-state index in [2.05, 4.69) is 42.5 Å². The van der Waals surface area contributed by atoms with Crippen molar-refractivity contribution in [2.45, 2.75) is 6.42 Å². The second-order valence-corrected chi connectivity index (χ2v) is 5.84. The van der Waals surface area contributed by atoms with Crippen LogP contribution in [0.5, 0.6) is 0 Å². The van der Waals surface area contributed by atoms with E-state index in [1.54, 1.807) is 6.08 Å². The van der Waals surface area contributed by atoms with Gasteiger partial charge in [-0.25, -0.2) is 0 Å². The summed E-state index contributed by atoms with van der Waals surface area (Å²) in [5, 5.41) is 0. The molecular weight excluding hydrogens is 232 g/mol. The Kier molecular flexibility index (Phi) is 1.47. The van der Waals surface area contributed by atoms with Crippen LogP contribution in [0.25, 0.3) is 0 Å². The predicted molar refractivity (Wildman–Crippen MR) is 74.2 cm³/mol. The molecule has 90 valence electrons. The van der Waals surface area contributed by atoms with Gasteiger partial charge in [0.1, 0.15) is 0 Å². The van der Waals surface area contributed by atoms with Gasteiger partial charge in [-0.15, -0.1) is 0 Å². The molecule has 1 heteroatoms. The summed E-state index contributed by atoms with van der Waals surface area (Å²) >= 11 is 0. The number of fused-ring (bicyclic) bond motifs is 3. The topological polar surface area (TPSA) is 17.1 Å². The minimum atomic E-state index is -0.0431. The molecule has 0 amide bonds. The van der Waals surface area contributed by atoms with E-state index in [1.807, 2.05) is 6.08 Å². The summed E-state index contributed by atoms with van der Waals surface area (Å²) in [7, 11) is 0. The largest absolute Gasteiger partial charge is 0.295 e. The quantitative estimate of drug-likeness (QED) is 0.638. The van der Waals surface area contributed by atoms with Gasteiger partial charge in [0, 0.05) is 17.8 Å². The van der Waals surface area contributed by atoms with E-state index in [0.29, 0.717) is 12.3 Å². The maximum absolute atomic E-state index is 11.7. The van der Waals surface area contributed by atoms with Crippen molar-refractivity contribution in [3.8, 4) is 0 Å². The summed E-state index contributed by atoms with van der Waals surface area (Å²) in [4.78, 5) is 11.7. The van der Waals surface area contributed by atoms with Gasteiger partial charge in [-0.1, -0.05) is 48.6 Å². The van der Waals surface area contributed by atoms with E-state index in [0.717, 1.165) is 0 Å². The van der Waals surface area contributed by atoms with E-state index in [-0.39, 0.29) is 11.2 Å². The Morgan fingerprint density at radius 3 is 3.05 bits per heavy atom. The zero-order valence-corrected chi connectivity index (χ0v) is 10.4. The molecule has 2 atom stereocenters. The highest BCUT2D eigenvalue weighted by Gasteiger charge is 2.52. The minimum absolute atomic E-state index is 0.0431. The molecule has 0 bridgehead atoms. The standard InChI is InChI=1S/C18H12O/c19-13-5-7-17-15-6-4-11-2-1-3-14(11)16(15)8-12-9-18(12,17)10-13/h1-9,14H,10H2. The zero-order valence-electron chi connectivity index (χ0n) is 10.4. The fourth-order valence-corrected chi connectivity index (χ4v) is 3.83. The Labute approximate surface area is 111 Å². The van der Waals surface area contributed by atoms with Crippen LogP contribution in [0.2, 0.25) is 0 Å². The highest BCUT2D eigenvalue weighted by molar-refractivity contribution is 5.96. The minimum Gasteiger partial charge on any atom is -0.295 e. The first-order valence-electron chi connectivity index (χ1n) is 6.75. The smallest absolute Gasteiger partial charge is 0.157 e. The molecule has 0 saturated carbocycles. The van der Waals surface area contributed by atoms with Crippen molar-refractivity contribution in [2.24, 2.45) is 11.3 Å². The Bertz CT molecular complexity index is 762. The average molecular weight is 244 g/mol. The molecule has 0 heterocycles. The van der Waals surface area contributed by atoms with Crippen molar-refractivity contribution in [3.63, 3.8) is 0 Å². The van der Waals surface area contributed by atoms with Crippen LogP contribution in [0.15, 0.2) is 82.5 Å². The lowest BCUT2D eigenvalue weighted by Gasteiger charge is -2.33. The van der Waals surface area contributed by atoms with E-state index in [9.17, 15) is 4.79 Å². The number of carbonyl (C=O) groups excluding carboxylic acids is 1. The molecule has 19 heavy (non-hydrogen) atoms. The summed E-state index contributed by atoms with van der Waals surface area (Å²) in [5.74, 6) is 0.659. The SMILES string of the molecule is O=C1C=CC2=C3C=CC4=CC=CC4C3=CC3=CC32C1. The molecule has 0 saturated heterocycles. The highest BCUT2D eigenvalue weighted by Crippen LogP contribution is 2.62. The van der Waals surface area contributed by atoms with Gasteiger partial charge in [0.05, 0.1) is 0 Å². The zero-order chi connectivity index (χ0) is 12.6. The Morgan fingerprint density at radius 1 is 1.16 bits per heavy atom. The van der Waals surface area contributed by atoms with Crippen LogP contribution in [0.1, 0.15) is 6.42 Å². The van der Waals surface area contributed by atoms with E-state index >= 15 is 0 Å². The van der Waals surface area contributed by atoms with Crippen LogP contribution in [0.3, 0.4) is 0 Å². The fourth-order valence-electron chi connectivity index (χ4n) is 3.83. The van der Waals surface area contributed by atoms with Crippen molar-refractivity contribution in [2.75, 3.05) is 0 Å². The van der Waals surface area contributed by atoms with E-state index in [4.69, 9.17) is 0 Å². The van der Waals surface area contributed by atoms with Gasteiger partial charge < -0.3 is 0 Å². The van der Waals surface area contributed by atoms with E-state index in [1.165, 1.54) is 27.9 Å². The highest BCUT2D eigenvalue weighted by atomic mass is 16.1. The van der Waals surface area contributed by atoms with E-state index < -0.39 is 0 Å². The van der Waals surface area contributed by atoms with Crippen LogP contribution in [0.4, 0.5) is 0 Å². The Hall–Kier alpha value is -2.15. The molecule has 0 aromatic carbocycles. The monoisotopic (exact) mass is 244 g/mol. The normalized spacial score (nSPS) is 36.1. The first-order chi connectivity index (χ1) is 9.28. The first kappa shape index (κ1) is 9.74. The van der Waals surface area contributed by atoms with Crippen LogP contribution < -0.4 is 0 Å². The molecule has 0 fully saturated rings. The van der Waals surface area contributed by atoms with Gasteiger partial charge in [0.25, 0.3) is 0 Å². The lowest BCUT2D eigenvalue weighted by atomic mass is 9.69. The summed E-state index contributed by atoms with van der Waals surface area (Å²) in [5.41, 5.74) is 6.73. The molecule has 5 aliphatic carbocycles. The Balaban J connectivity index is 1.78. The second-order valence-electron chi connectivity index (χ2n) is 5.84. The molecule has 5 aliphatic rings.